The lowest BCUT2D eigenvalue weighted by Crippen LogP contribution is -2.45. The molecule has 1 saturated carbocycles. The molecule has 0 unspecified atom stereocenters. The summed E-state index contributed by atoms with van der Waals surface area (Å²) in [6.07, 6.45) is 4.24. The summed E-state index contributed by atoms with van der Waals surface area (Å²) in [5.41, 5.74) is 0.406. The number of halogens is 1. The van der Waals surface area contributed by atoms with E-state index in [9.17, 15) is 14.0 Å². The highest BCUT2D eigenvalue weighted by molar-refractivity contribution is 6.39. The lowest BCUT2D eigenvalue weighted by Gasteiger charge is -2.29. The number of nitrogens with one attached hydrogen (secondary N) is 2. The fraction of sp³-hybridized carbons (Fsp3) is 0.467. The molecule has 0 aromatic heterocycles. The van der Waals surface area contributed by atoms with Crippen LogP contribution in [0.4, 0.5) is 10.1 Å². The summed E-state index contributed by atoms with van der Waals surface area (Å²) in [5, 5.41) is 5.23. The Morgan fingerprint density at radius 3 is 2.40 bits per heavy atom. The fourth-order valence-corrected chi connectivity index (χ4v) is 2.49. The van der Waals surface area contributed by atoms with Crippen LogP contribution in [-0.4, -0.2) is 17.9 Å². The van der Waals surface area contributed by atoms with Gasteiger partial charge in [-0.1, -0.05) is 19.8 Å². The van der Waals surface area contributed by atoms with Crippen molar-refractivity contribution in [2.45, 2.75) is 38.6 Å². The first kappa shape index (κ1) is 14.5. The Morgan fingerprint density at radius 2 is 1.75 bits per heavy atom. The third-order valence-electron chi connectivity index (χ3n) is 3.74. The minimum atomic E-state index is -0.714. The molecular weight excluding hydrogens is 259 g/mol. The van der Waals surface area contributed by atoms with E-state index in [1.165, 1.54) is 30.7 Å². The standard InChI is InChI=1S/C15H19FN2O2/c1-10-4-2-3-5-13(10)18-15(20)14(19)17-12-8-6-11(16)7-9-12/h6-10,13H,2-5H2,1H3,(H,17,19)(H,18,20)/t10-,13+/m1/s1. The lowest BCUT2D eigenvalue weighted by molar-refractivity contribution is -0.137. The first-order valence-electron chi connectivity index (χ1n) is 6.93. The number of anilines is 1. The average molecular weight is 278 g/mol. The molecule has 1 aromatic carbocycles. The molecule has 2 atom stereocenters. The molecule has 0 saturated heterocycles. The Morgan fingerprint density at radius 1 is 1.10 bits per heavy atom. The maximum atomic E-state index is 12.7. The second-order valence-electron chi connectivity index (χ2n) is 5.30. The molecule has 0 spiro atoms. The largest absolute Gasteiger partial charge is 0.345 e. The van der Waals surface area contributed by atoms with Crippen molar-refractivity contribution in [1.82, 2.24) is 5.32 Å². The molecular formula is C15H19FN2O2. The van der Waals surface area contributed by atoms with E-state index in [0.717, 1.165) is 19.3 Å². The van der Waals surface area contributed by atoms with Crippen molar-refractivity contribution in [2.24, 2.45) is 5.92 Å². The van der Waals surface area contributed by atoms with Gasteiger partial charge in [0.05, 0.1) is 0 Å². The summed E-state index contributed by atoms with van der Waals surface area (Å²) in [4.78, 5) is 23.6. The Balaban J connectivity index is 1.88. The van der Waals surface area contributed by atoms with Gasteiger partial charge in [0.15, 0.2) is 0 Å². The van der Waals surface area contributed by atoms with Crippen molar-refractivity contribution in [3.63, 3.8) is 0 Å². The molecule has 1 aromatic rings. The van der Waals surface area contributed by atoms with Gasteiger partial charge in [-0.2, -0.15) is 0 Å². The first-order chi connectivity index (χ1) is 9.56. The van der Waals surface area contributed by atoms with E-state index < -0.39 is 11.8 Å². The van der Waals surface area contributed by atoms with Crippen LogP contribution < -0.4 is 10.6 Å². The lowest BCUT2D eigenvalue weighted by atomic mass is 9.86. The van der Waals surface area contributed by atoms with Gasteiger partial charge in [0, 0.05) is 11.7 Å². The Hall–Kier alpha value is -1.91. The minimum absolute atomic E-state index is 0.0650. The van der Waals surface area contributed by atoms with E-state index in [-0.39, 0.29) is 11.9 Å². The van der Waals surface area contributed by atoms with Gasteiger partial charge in [-0.25, -0.2) is 4.39 Å². The number of benzene rings is 1. The monoisotopic (exact) mass is 278 g/mol. The van der Waals surface area contributed by atoms with Crippen LogP contribution in [0.1, 0.15) is 32.6 Å². The van der Waals surface area contributed by atoms with E-state index in [1.807, 2.05) is 0 Å². The number of rotatable bonds is 2. The van der Waals surface area contributed by atoms with Crippen LogP contribution in [-0.2, 0) is 9.59 Å². The highest BCUT2D eigenvalue weighted by atomic mass is 19.1. The van der Waals surface area contributed by atoms with Gasteiger partial charge in [0.2, 0.25) is 0 Å². The molecule has 20 heavy (non-hydrogen) atoms. The van der Waals surface area contributed by atoms with Gasteiger partial charge in [0.1, 0.15) is 5.82 Å². The molecule has 1 fully saturated rings. The Kier molecular flexibility index (Phi) is 4.71. The smallest absolute Gasteiger partial charge is 0.313 e. The SMILES string of the molecule is C[C@@H]1CCCC[C@@H]1NC(=O)C(=O)Nc1ccc(F)cc1. The highest BCUT2D eigenvalue weighted by Gasteiger charge is 2.25. The normalized spacial score (nSPS) is 22.1. The second kappa shape index (κ2) is 6.50. The van der Waals surface area contributed by atoms with Gasteiger partial charge in [-0.05, 0) is 43.0 Å². The van der Waals surface area contributed by atoms with Crippen LogP contribution in [0.5, 0.6) is 0 Å². The molecule has 4 nitrogen and oxygen atoms in total. The van der Waals surface area contributed by atoms with Crippen LogP contribution in [0, 0.1) is 11.7 Å². The zero-order valence-corrected chi connectivity index (χ0v) is 11.5. The molecule has 2 rings (SSSR count). The molecule has 2 N–H and O–H groups in total. The summed E-state index contributed by atoms with van der Waals surface area (Å²) in [5.74, 6) is -1.34. The number of amides is 2. The summed E-state index contributed by atoms with van der Waals surface area (Å²) in [6.45, 7) is 2.09. The van der Waals surface area contributed by atoms with Gasteiger partial charge in [0.25, 0.3) is 0 Å². The number of hydrogen-bond donors (Lipinski definition) is 2. The minimum Gasteiger partial charge on any atom is -0.345 e. The summed E-state index contributed by atoms with van der Waals surface area (Å²) < 4.78 is 12.7. The van der Waals surface area contributed by atoms with Crippen molar-refractivity contribution in [3.05, 3.63) is 30.1 Å². The third-order valence-corrected chi connectivity index (χ3v) is 3.74. The van der Waals surface area contributed by atoms with E-state index in [1.54, 1.807) is 0 Å². The van der Waals surface area contributed by atoms with Crippen LogP contribution in [0.15, 0.2) is 24.3 Å². The number of hydrogen-bond acceptors (Lipinski definition) is 2. The van der Waals surface area contributed by atoms with E-state index in [2.05, 4.69) is 17.6 Å². The molecule has 2 amide bonds. The quantitative estimate of drug-likeness (QED) is 0.816. The van der Waals surface area contributed by atoms with Crippen molar-refractivity contribution in [1.29, 1.82) is 0 Å². The summed E-state index contributed by atoms with van der Waals surface area (Å²) >= 11 is 0. The number of carbonyl (C=O) groups is 2. The zero-order valence-electron chi connectivity index (χ0n) is 11.5. The zero-order chi connectivity index (χ0) is 14.5. The molecule has 0 bridgehead atoms. The third kappa shape index (κ3) is 3.79. The van der Waals surface area contributed by atoms with Crippen molar-refractivity contribution in [3.8, 4) is 0 Å². The van der Waals surface area contributed by atoms with Crippen molar-refractivity contribution >= 4 is 17.5 Å². The van der Waals surface area contributed by atoms with Gasteiger partial charge in [-0.15, -0.1) is 0 Å². The van der Waals surface area contributed by atoms with Crippen molar-refractivity contribution in [2.75, 3.05) is 5.32 Å². The Bertz CT molecular complexity index is 487. The van der Waals surface area contributed by atoms with Gasteiger partial charge < -0.3 is 10.6 Å². The topological polar surface area (TPSA) is 58.2 Å². The van der Waals surface area contributed by atoms with E-state index in [0.29, 0.717) is 11.6 Å². The molecule has 0 radical (unpaired) electrons. The van der Waals surface area contributed by atoms with Crippen LogP contribution in [0.2, 0.25) is 0 Å². The van der Waals surface area contributed by atoms with Crippen LogP contribution >= 0.6 is 0 Å². The molecule has 0 aliphatic heterocycles. The van der Waals surface area contributed by atoms with Gasteiger partial charge >= 0.3 is 11.8 Å². The molecule has 1 aliphatic carbocycles. The number of carbonyl (C=O) groups excluding carboxylic acids is 2. The highest BCUT2D eigenvalue weighted by Crippen LogP contribution is 2.23. The van der Waals surface area contributed by atoms with E-state index >= 15 is 0 Å². The van der Waals surface area contributed by atoms with Crippen molar-refractivity contribution < 1.29 is 14.0 Å². The predicted octanol–water partition coefficient (Wildman–Crippen LogP) is 2.46. The molecule has 1 aliphatic rings. The maximum absolute atomic E-state index is 12.7. The average Bonchev–Trinajstić information content (AvgIpc) is 2.44. The summed E-state index contributed by atoms with van der Waals surface area (Å²) in [7, 11) is 0. The van der Waals surface area contributed by atoms with Crippen LogP contribution in [0.25, 0.3) is 0 Å². The molecule has 5 heteroatoms. The Labute approximate surface area is 117 Å². The predicted molar refractivity (Wildman–Crippen MR) is 74.6 cm³/mol. The molecule has 108 valence electrons. The second-order valence-corrected chi connectivity index (χ2v) is 5.30. The summed E-state index contributed by atoms with van der Waals surface area (Å²) in [6, 6.07) is 5.37. The van der Waals surface area contributed by atoms with E-state index in [4.69, 9.17) is 0 Å². The van der Waals surface area contributed by atoms with Gasteiger partial charge in [-0.3, -0.25) is 9.59 Å². The maximum Gasteiger partial charge on any atom is 0.313 e. The van der Waals surface area contributed by atoms with Crippen LogP contribution in [0.3, 0.4) is 0 Å². The first-order valence-corrected chi connectivity index (χ1v) is 6.93. The molecule has 0 heterocycles. The fourth-order valence-electron chi connectivity index (χ4n) is 2.49.